The van der Waals surface area contributed by atoms with Crippen LogP contribution in [0.15, 0.2) is 71.3 Å². The summed E-state index contributed by atoms with van der Waals surface area (Å²) in [6.07, 6.45) is 3.20. The number of carbonyl (C=O) groups excluding carboxylic acids is 3. The number of rotatable bonds is 9. The summed E-state index contributed by atoms with van der Waals surface area (Å²) < 4.78 is 10.8. The Morgan fingerprint density at radius 2 is 1.83 bits per heavy atom. The van der Waals surface area contributed by atoms with E-state index in [0.717, 1.165) is 24.0 Å². The summed E-state index contributed by atoms with van der Waals surface area (Å²) in [4.78, 5) is 41.3. The van der Waals surface area contributed by atoms with E-state index in [9.17, 15) is 14.4 Å². The van der Waals surface area contributed by atoms with Gasteiger partial charge in [-0.1, -0.05) is 42.5 Å². The van der Waals surface area contributed by atoms with Gasteiger partial charge in [0.1, 0.15) is 6.04 Å². The van der Waals surface area contributed by atoms with Gasteiger partial charge in [0, 0.05) is 18.8 Å². The number of ether oxygens (including phenoxy) is 1. The van der Waals surface area contributed by atoms with Gasteiger partial charge in [-0.15, -0.1) is 0 Å². The van der Waals surface area contributed by atoms with Gasteiger partial charge in [-0.3, -0.25) is 19.3 Å². The Labute approximate surface area is 210 Å². The third kappa shape index (κ3) is 6.01. The smallest absolute Gasteiger partial charge is 0.287 e. The van der Waals surface area contributed by atoms with E-state index in [-0.39, 0.29) is 24.3 Å². The summed E-state index contributed by atoms with van der Waals surface area (Å²) in [6.45, 7) is 4.56. The fourth-order valence-electron chi connectivity index (χ4n) is 4.30. The van der Waals surface area contributed by atoms with Crippen molar-refractivity contribution in [3.8, 4) is 0 Å². The van der Waals surface area contributed by atoms with Gasteiger partial charge in [0.05, 0.1) is 18.9 Å². The molecule has 0 spiro atoms. The van der Waals surface area contributed by atoms with Crippen molar-refractivity contribution < 1.29 is 23.5 Å². The maximum absolute atomic E-state index is 13.7. The predicted molar refractivity (Wildman–Crippen MR) is 136 cm³/mol. The summed E-state index contributed by atoms with van der Waals surface area (Å²) in [5.41, 5.74) is 3.04. The average Bonchev–Trinajstić information content (AvgIpc) is 3.61. The van der Waals surface area contributed by atoms with Gasteiger partial charge in [-0.25, -0.2) is 0 Å². The minimum absolute atomic E-state index is 0.0391. The fourth-order valence-corrected chi connectivity index (χ4v) is 4.30. The zero-order valence-corrected chi connectivity index (χ0v) is 20.5. The summed E-state index contributed by atoms with van der Waals surface area (Å²) >= 11 is 0. The molecule has 2 heterocycles. The molecule has 1 saturated heterocycles. The Bertz CT molecular complexity index is 1190. The minimum atomic E-state index is -0.943. The largest absolute Gasteiger partial charge is 0.459 e. The second kappa shape index (κ2) is 11.7. The van der Waals surface area contributed by atoms with Gasteiger partial charge in [0.15, 0.2) is 5.76 Å². The Kier molecular flexibility index (Phi) is 8.17. The SMILES string of the molecule is Cc1ccc(C)c(N(C(=O)CNC(=O)c2ccco2)[C@@H](C(=O)NC[C@H]2CCCO2)c2ccccc2)c1. The van der Waals surface area contributed by atoms with Crippen LogP contribution >= 0.6 is 0 Å². The molecule has 1 aliphatic heterocycles. The van der Waals surface area contributed by atoms with Crippen molar-refractivity contribution in [3.63, 3.8) is 0 Å². The molecule has 2 aromatic carbocycles. The molecule has 0 radical (unpaired) electrons. The molecule has 1 aromatic heterocycles. The summed E-state index contributed by atoms with van der Waals surface area (Å²) in [7, 11) is 0. The first-order chi connectivity index (χ1) is 17.4. The number of aryl methyl sites for hydroxylation is 2. The van der Waals surface area contributed by atoms with Crippen LogP contribution in [0.3, 0.4) is 0 Å². The lowest BCUT2D eigenvalue weighted by molar-refractivity contribution is -0.126. The van der Waals surface area contributed by atoms with Crippen molar-refractivity contribution in [1.82, 2.24) is 10.6 Å². The van der Waals surface area contributed by atoms with Crippen molar-refractivity contribution >= 4 is 23.4 Å². The number of nitrogens with one attached hydrogen (secondary N) is 2. The molecule has 1 aliphatic rings. The van der Waals surface area contributed by atoms with Crippen LogP contribution in [0.2, 0.25) is 0 Å². The van der Waals surface area contributed by atoms with Crippen molar-refractivity contribution in [3.05, 3.63) is 89.4 Å². The zero-order chi connectivity index (χ0) is 25.5. The minimum Gasteiger partial charge on any atom is -0.459 e. The molecule has 3 amide bonds. The number of amides is 3. The van der Waals surface area contributed by atoms with Crippen LogP contribution in [0.4, 0.5) is 5.69 Å². The molecule has 4 rings (SSSR count). The first-order valence-electron chi connectivity index (χ1n) is 12.1. The van der Waals surface area contributed by atoms with Gasteiger partial charge in [-0.2, -0.15) is 0 Å². The van der Waals surface area contributed by atoms with Crippen molar-refractivity contribution in [2.24, 2.45) is 0 Å². The van der Waals surface area contributed by atoms with Gasteiger partial charge in [0.25, 0.3) is 5.91 Å². The Hall–Kier alpha value is -3.91. The number of carbonyl (C=O) groups is 3. The van der Waals surface area contributed by atoms with Gasteiger partial charge in [-0.05, 0) is 61.6 Å². The standard InChI is InChI=1S/C28H31N3O5/c1-19-12-13-20(2)23(16-19)31(25(32)18-30-27(33)24-11-7-15-36-24)26(21-8-4-3-5-9-21)28(34)29-17-22-10-6-14-35-22/h3-5,7-9,11-13,15-16,22,26H,6,10,14,17-18H2,1-2H3,(H,29,34)(H,30,33)/t22-,26-/m1/s1. The molecule has 2 atom stereocenters. The maximum Gasteiger partial charge on any atom is 0.287 e. The van der Waals surface area contributed by atoms with E-state index < -0.39 is 17.9 Å². The second-order valence-corrected chi connectivity index (χ2v) is 8.91. The number of benzene rings is 2. The topological polar surface area (TPSA) is 101 Å². The second-order valence-electron chi connectivity index (χ2n) is 8.91. The molecule has 188 valence electrons. The number of hydrogen-bond acceptors (Lipinski definition) is 5. The fraction of sp³-hybridized carbons (Fsp3) is 0.321. The van der Waals surface area contributed by atoms with E-state index in [1.54, 1.807) is 6.07 Å². The molecule has 36 heavy (non-hydrogen) atoms. The van der Waals surface area contributed by atoms with Crippen molar-refractivity contribution in [2.45, 2.75) is 38.8 Å². The van der Waals surface area contributed by atoms with Crippen molar-refractivity contribution in [1.29, 1.82) is 0 Å². The highest BCUT2D eigenvalue weighted by Gasteiger charge is 2.34. The Morgan fingerprint density at radius 1 is 1.03 bits per heavy atom. The number of furan rings is 1. The summed E-state index contributed by atoms with van der Waals surface area (Å²) in [5, 5.41) is 5.61. The highest BCUT2D eigenvalue weighted by atomic mass is 16.5. The molecule has 8 nitrogen and oxygen atoms in total. The van der Waals surface area contributed by atoms with Crippen LogP contribution in [-0.2, 0) is 14.3 Å². The number of nitrogens with zero attached hydrogens (tertiary/aromatic N) is 1. The molecule has 3 aromatic rings. The highest BCUT2D eigenvalue weighted by molar-refractivity contribution is 6.04. The zero-order valence-electron chi connectivity index (χ0n) is 20.5. The first-order valence-corrected chi connectivity index (χ1v) is 12.1. The van der Waals surface area contributed by atoms with Crippen LogP contribution < -0.4 is 15.5 Å². The van der Waals surface area contributed by atoms with Crippen LogP contribution in [-0.4, -0.2) is 43.5 Å². The molecular weight excluding hydrogens is 458 g/mol. The molecule has 0 unspecified atom stereocenters. The Morgan fingerprint density at radius 3 is 2.53 bits per heavy atom. The normalized spacial score (nSPS) is 15.8. The van der Waals surface area contributed by atoms with E-state index in [1.807, 2.05) is 62.4 Å². The van der Waals surface area contributed by atoms with Gasteiger partial charge >= 0.3 is 0 Å². The molecule has 0 bridgehead atoms. The maximum atomic E-state index is 13.7. The van der Waals surface area contributed by atoms with Crippen LogP contribution in [0, 0.1) is 13.8 Å². The third-order valence-electron chi connectivity index (χ3n) is 6.19. The number of hydrogen-bond donors (Lipinski definition) is 2. The summed E-state index contributed by atoms with van der Waals surface area (Å²) in [5.74, 6) is -1.14. The predicted octanol–water partition coefficient (Wildman–Crippen LogP) is 3.70. The molecule has 1 fully saturated rings. The van der Waals surface area contributed by atoms with Crippen LogP contribution in [0.25, 0.3) is 0 Å². The van der Waals surface area contributed by atoms with Crippen molar-refractivity contribution in [2.75, 3.05) is 24.6 Å². The first kappa shape index (κ1) is 25.2. The van der Waals surface area contributed by atoms with Gasteiger partial charge in [0.2, 0.25) is 11.8 Å². The summed E-state index contributed by atoms with van der Waals surface area (Å²) in [6, 6.07) is 17.1. The van der Waals surface area contributed by atoms with E-state index >= 15 is 0 Å². The molecule has 2 N–H and O–H groups in total. The quantitative estimate of drug-likeness (QED) is 0.477. The highest BCUT2D eigenvalue weighted by Crippen LogP contribution is 2.31. The third-order valence-corrected chi connectivity index (χ3v) is 6.19. The average molecular weight is 490 g/mol. The van der Waals surface area contributed by atoms with Crippen LogP contribution in [0.1, 0.15) is 46.1 Å². The molecular formula is C28H31N3O5. The lowest BCUT2D eigenvalue weighted by atomic mass is 10.0. The van der Waals surface area contributed by atoms with E-state index in [0.29, 0.717) is 24.4 Å². The van der Waals surface area contributed by atoms with E-state index in [1.165, 1.54) is 17.2 Å². The van der Waals surface area contributed by atoms with Gasteiger partial charge < -0.3 is 19.8 Å². The molecule has 8 heteroatoms. The monoisotopic (exact) mass is 489 g/mol. The van der Waals surface area contributed by atoms with E-state index in [4.69, 9.17) is 9.15 Å². The van der Waals surface area contributed by atoms with E-state index in [2.05, 4.69) is 10.6 Å². The van der Waals surface area contributed by atoms with Crippen LogP contribution in [0.5, 0.6) is 0 Å². The molecule has 0 aliphatic carbocycles. The Balaban J connectivity index is 1.67. The lowest BCUT2D eigenvalue weighted by Gasteiger charge is -2.33. The molecule has 0 saturated carbocycles. The number of anilines is 1. The lowest BCUT2D eigenvalue weighted by Crippen LogP contribution is -2.48.